The van der Waals surface area contributed by atoms with E-state index in [1.54, 1.807) is 6.08 Å². The average Bonchev–Trinajstić information content (AvgIpc) is 2.53. The molecule has 0 fully saturated rings. The molecule has 0 saturated heterocycles. The maximum atomic E-state index is 12.2. The number of aromatic hydroxyl groups is 2. The zero-order valence-electron chi connectivity index (χ0n) is 13.7. The zero-order valence-corrected chi connectivity index (χ0v) is 13.7. The van der Waals surface area contributed by atoms with Crippen molar-refractivity contribution < 1.29 is 19.7 Å². The van der Waals surface area contributed by atoms with Gasteiger partial charge in [0.25, 0.3) is 0 Å². The van der Waals surface area contributed by atoms with Gasteiger partial charge in [0.1, 0.15) is 29.4 Å². The van der Waals surface area contributed by atoms with Gasteiger partial charge >= 0.3 is 0 Å². The molecule has 2 aromatic rings. The van der Waals surface area contributed by atoms with E-state index in [2.05, 4.69) is 0 Å². The Balaban J connectivity index is 2.17. The van der Waals surface area contributed by atoms with Gasteiger partial charge in [-0.1, -0.05) is 42.0 Å². The van der Waals surface area contributed by atoms with Crippen molar-refractivity contribution in [1.82, 2.24) is 0 Å². The van der Waals surface area contributed by atoms with Crippen LogP contribution in [0.25, 0.3) is 6.08 Å². The smallest absolute Gasteiger partial charge is 0.193 e. The van der Waals surface area contributed by atoms with Crippen molar-refractivity contribution >= 4 is 11.9 Å². The minimum Gasteiger partial charge on any atom is -0.507 e. The Morgan fingerprint density at radius 1 is 1.08 bits per heavy atom. The van der Waals surface area contributed by atoms with Gasteiger partial charge < -0.3 is 14.9 Å². The van der Waals surface area contributed by atoms with Crippen LogP contribution in [0, 0.1) is 0 Å². The molecule has 0 aliphatic rings. The molecule has 0 radical (unpaired) electrons. The topological polar surface area (TPSA) is 66.8 Å². The number of hydrogen-bond acceptors (Lipinski definition) is 4. The first kappa shape index (κ1) is 17.3. The molecule has 0 heterocycles. The number of allylic oxidation sites excluding steroid dienone is 2. The van der Waals surface area contributed by atoms with Gasteiger partial charge in [-0.2, -0.15) is 0 Å². The number of rotatable bonds is 6. The molecule has 4 heteroatoms. The van der Waals surface area contributed by atoms with Gasteiger partial charge in [0.2, 0.25) is 0 Å². The molecule has 0 aromatic heterocycles. The van der Waals surface area contributed by atoms with Crippen molar-refractivity contribution in [3.63, 3.8) is 0 Å². The second kappa shape index (κ2) is 8.02. The fraction of sp³-hybridized carbons (Fsp3) is 0.150. The highest BCUT2D eigenvalue weighted by Crippen LogP contribution is 2.33. The Labute approximate surface area is 141 Å². The summed E-state index contributed by atoms with van der Waals surface area (Å²) in [7, 11) is 0. The average molecular weight is 324 g/mol. The molecule has 0 spiro atoms. The fourth-order valence-electron chi connectivity index (χ4n) is 2.05. The molecule has 0 amide bonds. The van der Waals surface area contributed by atoms with E-state index in [9.17, 15) is 15.0 Å². The van der Waals surface area contributed by atoms with Crippen LogP contribution in [0.3, 0.4) is 0 Å². The summed E-state index contributed by atoms with van der Waals surface area (Å²) in [5.41, 5.74) is 1.81. The van der Waals surface area contributed by atoms with Crippen LogP contribution in [0.1, 0.15) is 29.8 Å². The molecule has 0 atom stereocenters. The number of ketones is 1. The van der Waals surface area contributed by atoms with E-state index in [1.165, 1.54) is 18.2 Å². The van der Waals surface area contributed by atoms with Crippen LogP contribution in [-0.2, 0) is 0 Å². The molecule has 124 valence electrons. The Morgan fingerprint density at radius 2 is 1.71 bits per heavy atom. The molecule has 2 rings (SSSR count). The number of phenolic OH excluding ortho intramolecular Hbond substituents is 2. The normalized spacial score (nSPS) is 10.6. The van der Waals surface area contributed by atoms with E-state index < -0.39 is 5.78 Å². The summed E-state index contributed by atoms with van der Waals surface area (Å²) in [6, 6.07) is 11.9. The molecule has 2 aromatic carbocycles. The summed E-state index contributed by atoms with van der Waals surface area (Å²) in [5.74, 6) is -0.814. The first-order valence-corrected chi connectivity index (χ1v) is 7.57. The number of carbonyl (C=O) groups excluding carboxylic acids is 1. The van der Waals surface area contributed by atoms with E-state index in [0.29, 0.717) is 12.4 Å². The predicted molar refractivity (Wildman–Crippen MR) is 94.5 cm³/mol. The lowest BCUT2D eigenvalue weighted by Crippen LogP contribution is -1.99. The summed E-state index contributed by atoms with van der Waals surface area (Å²) in [5, 5.41) is 20.1. The second-order valence-corrected chi connectivity index (χ2v) is 5.54. The SMILES string of the molecule is CC(C)=CCOc1cc(O)c(C(=O)/C=C/c2ccccc2)c(O)c1. The maximum absolute atomic E-state index is 12.2. The Bertz CT molecular complexity index is 746. The van der Waals surface area contributed by atoms with E-state index in [1.807, 2.05) is 50.3 Å². The molecule has 0 unspecified atom stereocenters. The fourth-order valence-corrected chi connectivity index (χ4v) is 2.05. The van der Waals surface area contributed by atoms with E-state index >= 15 is 0 Å². The third-order valence-electron chi connectivity index (χ3n) is 3.28. The number of carbonyl (C=O) groups is 1. The molecule has 2 N–H and O–H groups in total. The maximum Gasteiger partial charge on any atom is 0.193 e. The van der Waals surface area contributed by atoms with Gasteiger partial charge in [-0.05, 0) is 31.6 Å². The summed E-state index contributed by atoms with van der Waals surface area (Å²) in [6.45, 7) is 4.21. The van der Waals surface area contributed by atoms with Crippen LogP contribution in [0.5, 0.6) is 17.2 Å². The van der Waals surface area contributed by atoms with Crippen molar-refractivity contribution in [3.05, 3.63) is 71.3 Å². The Kier molecular flexibility index (Phi) is 5.79. The van der Waals surface area contributed by atoms with Crippen molar-refractivity contribution in [2.45, 2.75) is 13.8 Å². The number of hydrogen-bond donors (Lipinski definition) is 2. The van der Waals surface area contributed by atoms with Gasteiger partial charge in [0.05, 0.1) is 0 Å². The van der Waals surface area contributed by atoms with Crippen LogP contribution in [0.4, 0.5) is 0 Å². The van der Waals surface area contributed by atoms with Crippen LogP contribution in [0.15, 0.2) is 60.2 Å². The van der Waals surface area contributed by atoms with Crippen LogP contribution < -0.4 is 4.74 Å². The van der Waals surface area contributed by atoms with Gasteiger partial charge in [0.15, 0.2) is 5.78 Å². The van der Waals surface area contributed by atoms with Crippen molar-refractivity contribution in [1.29, 1.82) is 0 Å². The minimum absolute atomic E-state index is 0.142. The van der Waals surface area contributed by atoms with Gasteiger partial charge in [-0.25, -0.2) is 0 Å². The highest BCUT2D eigenvalue weighted by molar-refractivity contribution is 6.10. The molecular formula is C20H20O4. The third-order valence-corrected chi connectivity index (χ3v) is 3.28. The van der Waals surface area contributed by atoms with Gasteiger partial charge in [-0.3, -0.25) is 4.79 Å². The van der Waals surface area contributed by atoms with Crippen molar-refractivity contribution in [3.8, 4) is 17.2 Å². The van der Waals surface area contributed by atoms with Crippen LogP contribution >= 0.6 is 0 Å². The summed E-state index contributed by atoms with van der Waals surface area (Å²) >= 11 is 0. The molecule has 4 nitrogen and oxygen atoms in total. The monoisotopic (exact) mass is 324 g/mol. The lowest BCUT2D eigenvalue weighted by atomic mass is 10.1. The standard InChI is InChI=1S/C20H20O4/c1-14(2)10-11-24-16-12-18(22)20(19(23)13-16)17(21)9-8-15-6-4-3-5-7-15/h3-10,12-13,22-23H,11H2,1-2H3/b9-8+. The minimum atomic E-state index is -0.482. The van der Waals surface area contributed by atoms with E-state index in [-0.39, 0.29) is 17.1 Å². The van der Waals surface area contributed by atoms with Gasteiger partial charge in [0, 0.05) is 12.1 Å². The zero-order chi connectivity index (χ0) is 17.5. The number of benzene rings is 2. The summed E-state index contributed by atoms with van der Waals surface area (Å²) < 4.78 is 5.42. The third kappa shape index (κ3) is 4.74. The Hall–Kier alpha value is -3.01. The van der Waals surface area contributed by atoms with Crippen LogP contribution in [-0.4, -0.2) is 22.6 Å². The van der Waals surface area contributed by atoms with E-state index in [4.69, 9.17) is 4.74 Å². The highest BCUT2D eigenvalue weighted by Gasteiger charge is 2.16. The molecule has 0 bridgehead atoms. The Morgan fingerprint density at radius 3 is 2.29 bits per heavy atom. The van der Waals surface area contributed by atoms with Crippen LogP contribution in [0.2, 0.25) is 0 Å². The largest absolute Gasteiger partial charge is 0.507 e. The highest BCUT2D eigenvalue weighted by atomic mass is 16.5. The molecule has 0 aliphatic carbocycles. The quantitative estimate of drug-likeness (QED) is 0.471. The molecule has 0 saturated carbocycles. The summed E-state index contributed by atoms with van der Waals surface area (Å²) in [6.07, 6.45) is 4.81. The lowest BCUT2D eigenvalue weighted by Gasteiger charge is -2.09. The second-order valence-electron chi connectivity index (χ2n) is 5.54. The van der Waals surface area contributed by atoms with Crippen molar-refractivity contribution in [2.75, 3.05) is 6.61 Å². The van der Waals surface area contributed by atoms with Crippen molar-refractivity contribution in [2.24, 2.45) is 0 Å². The van der Waals surface area contributed by atoms with E-state index in [0.717, 1.165) is 11.1 Å². The predicted octanol–water partition coefficient (Wildman–Crippen LogP) is 4.34. The molecule has 24 heavy (non-hydrogen) atoms. The summed E-state index contributed by atoms with van der Waals surface area (Å²) in [4.78, 5) is 12.2. The lowest BCUT2D eigenvalue weighted by molar-refractivity contribution is 0.104. The first-order chi connectivity index (χ1) is 11.5. The molecular weight excluding hydrogens is 304 g/mol. The number of ether oxygens (including phenoxy) is 1. The first-order valence-electron chi connectivity index (χ1n) is 7.57. The molecule has 0 aliphatic heterocycles. The number of phenols is 2. The van der Waals surface area contributed by atoms with Gasteiger partial charge in [-0.15, -0.1) is 0 Å².